The van der Waals surface area contributed by atoms with Gasteiger partial charge in [0.05, 0.1) is 16.5 Å². The number of fused-ring (bicyclic) bond motifs is 1. The normalized spacial score (nSPS) is 21.3. The van der Waals surface area contributed by atoms with E-state index in [4.69, 9.17) is 16.3 Å². The molecular formula is C22H24ClN3O5S. The average Bonchev–Trinajstić information content (AvgIpc) is 2.76. The van der Waals surface area contributed by atoms with E-state index in [0.717, 1.165) is 0 Å². The highest BCUT2D eigenvalue weighted by molar-refractivity contribution is 7.89. The van der Waals surface area contributed by atoms with Gasteiger partial charge in [-0.2, -0.15) is 4.31 Å². The summed E-state index contributed by atoms with van der Waals surface area (Å²) in [6.07, 6.45) is 0.462. The third kappa shape index (κ3) is 4.46. The summed E-state index contributed by atoms with van der Waals surface area (Å²) in [6, 6.07) is 9.81. The highest BCUT2D eigenvalue weighted by atomic mass is 35.5. The van der Waals surface area contributed by atoms with Gasteiger partial charge in [0.1, 0.15) is 5.75 Å². The highest BCUT2D eigenvalue weighted by Crippen LogP contribution is 2.36. The highest BCUT2D eigenvalue weighted by Gasteiger charge is 2.35. The summed E-state index contributed by atoms with van der Waals surface area (Å²) >= 11 is 5.88. The third-order valence-electron chi connectivity index (χ3n) is 5.69. The molecule has 32 heavy (non-hydrogen) atoms. The number of amides is 2. The molecule has 0 unspecified atom stereocenters. The maximum atomic E-state index is 13.4. The van der Waals surface area contributed by atoms with Crippen LogP contribution in [0.4, 0.5) is 11.4 Å². The Kier molecular flexibility index (Phi) is 6.15. The number of carbonyl (C=O) groups is 2. The molecular weight excluding hydrogens is 454 g/mol. The number of hydrogen-bond donors (Lipinski definition) is 2. The molecule has 0 saturated carbocycles. The number of benzene rings is 2. The molecule has 2 N–H and O–H groups in total. The Balaban J connectivity index is 1.54. The van der Waals surface area contributed by atoms with Crippen molar-refractivity contribution in [2.45, 2.75) is 37.7 Å². The summed E-state index contributed by atoms with van der Waals surface area (Å²) < 4.78 is 33.8. The number of halogens is 1. The maximum Gasteiger partial charge on any atom is 0.265 e. The Hall–Kier alpha value is -2.62. The van der Waals surface area contributed by atoms with Crippen molar-refractivity contribution >= 4 is 44.8 Å². The molecule has 170 valence electrons. The van der Waals surface area contributed by atoms with Gasteiger partial charge in [0.25, 0.3) is 5.91 Å². The van der Waals surface area contributed by atoms with Crippen LogP contribution in [-0.4, -0.2) is 43.7 Å². The Morgan fingerprint density at radius 2 is 1.97 bits per heavy atom. The minimum atomic E-state index is -3.86. The van der Waals surface area contributed by atoms with E-state index in [1.807, 2.05) is 0 Å². The summed E-state index contributed by atoms with van der Waals surface area (Å²) in [4.78, 5) is 24.7. The van der Waals surface area contributed by atoms with E-state index in [-0.39, 0.29) is 23.3 Å². The SMILES string of the molecule is Cc1cc2c(cc1S(=O)(=O)N1CCC[C@@H](C(=O)Nc3ccc(Cl)cc3)C1)O[C@H](C)C(=O)N2. The van der Waals surface area contributed by atoms with Gasteiger partial charge in [-0.1, -0.05) is 11.6 Å². The second-order valence-electron chi connectivity index (χ2n) is 8.06. The van der Waals surface area contributed by atoms with Crippen molar-refractivity contribution in [3.63, 3.8) is 0 Å². The molecule has 0 aromatic heterocycles. The zero-order chi connectivity index (χ0) is 23.0. The zero-order valence-corrected chi connectivity index (χ0v) is 19.3. The maximum absolute atomic E-state index is 13.4. The molecule has 2 aliphatic heterocycles. The molecule has 2 amide bonds. The molecule has 4 rings (SSSR count). The van der Waals surface area contributed by atoms with E-state index in [1.54, 1.807) is 44.2 Å². The van der Waals surface area contributed by atoms with Crippen molar-refractivity contribution in [3.05, 3.63) is 47.0 Å². The first kappa shape index (κ1) is 22.6. The predicted molar refractivity (Wildman–Crippen MR) is 121 cm³/mol. The Labute approximate surface area is 191 Å². The van der Waals surface area contributed by atoms with Crippen molar-refractivity contribution in [1.29, 1.82) is 0 Å². The monoisotopic (exact) mass is 477 g/mol. The van der Waals surface area contributed by atoms with Gasteiger partial charge in [0.15, 0.2) is 6.10 Å². The number of nitrogens with zero attached hydrogens (tertiary/aromatic N) is 1. The van der Waals surface area contributed by atoms with E-state index < -0.39 is 22.0 Å². The van der Waals surface area contributed by atoms with Crippen LogP contribution in [0.15, 0.2) is 41.3 Å². The number of rotatable bonds is 4. The van der Waals surface area contributed by atoms with Gasteiger partial charge >= 0.3 is 0 Å². The quantitative estimate of drug-likeness (QED) is 0.702. The molecule has 2 aliphatic rings. The summed E-state index contributed by atoms with van der Waals surface area (Å²) in [7, 11) is -3.86. The molecule has 0 spiro atoms. The second kappa shape index (κ2) is 8.73. The summed E-state index contributed by atoms with van der Waals surface area (Å²) in [5.74, 6) is -0.662. The van der Waals surface area contributed by atoms with Gasteiger partial charge in [-0.05, 0) is 62.6 Å². The van der Waals surface area contributed by atoms with E-state index in [0.29, 0.717) is 47.1 Å². The molecule has 8 nitrogen and oxygen atoms in total. The van der Waals surface area contributed by atoms with Gasteiger partial charge in [0.2, 0.25) is 15.9 Å². The first-order valence-electron chi connectivity index (χ1n) is 10.3. The number of sulfonamides is 1. The zero-order valence-electron chi connectivity index (χ0n) is 17.7. The molecule has 2 heterocycles. The Bertz CT molecular complexity index is 1170. The van der Waals surface area contributed by atoms with Gasteiger partial charge in [-0.3, -0.25) is 9.59 Å². The first-order valence-corrected chi connectivity index (χ1v) is 12.2. The van der Waals surface area contributed by atoms with Crippen LogP contribution in [0.1, 0.15) is 25.3 Å². The third-order valence-corrected chi connectivity index (χ3v) is 7.95. The van der Waals surface area contributed by atoms with Crippen molar-refractivity contribution < 1.29 is 22.7 Å². The van der Waals surface area contributed by atoms with E-state index in [2.05, 4.69) is 10.6 Å². The van der Waals surface area contributed by atoms with E-state index in [1.165, 1.54) is 10.4 Å². The van der Waals surface area contributed by atoms with Crippen LogP contribution in [0.25, 0.3) is 0 Å². The molecule has 2 aromatic rings. The topological polar surface area (TPSA) is 105 Å². The number of carbonyl (C=O) groups excluding carboxylic acids is 2. The van der Waals surface area contributed by atoms with Crippen LogP contribution in [0.3, 0.4) is 0 Å². The predicted octanol–water partition coefficient (Wildman–Crippen LogP) is 3.41. The lowest BCUT2D eigenvalue weighted by Gasteiger charge is -2.32. The van der Waals surface area contributed by atoms with Crippen LogP contribution >= 0.6 is 11.6 Å². The molecule has 10 heteroatoms. The van der Waals surface area contributed by atoms with Crippen molar-refractivity contribution in [1.82, 2.24) is 4.31 Å². The lowest BCUT2D eigenvalue weighted by atomic mass is 9.99. The van der Waals surface area contributed by atoms with Crippen molar-refractivity contribution in [2.75, 3.05) is 23.7 Å². The smallest absolute Gasteiger partial charge is 0.265 e. The minimum Gasteiger partial charge on any atom is -0.479 e. The van der Waals surface area contributed by atoms with Gasteiger partial charge in [-0.25, -0.2) is 8.42 Å². The minimum absolute atomic E-state index is 0.0896. The molecule has 2 atom stereocenters. The Morgan fingerprint density at radius 1 is 1.25 bits per heavy atom. The molecule has 0 radical (unpaired) electrons. The van der Waals surface area contributed by atoms with Crippen molar-refractivity contribution in [2.24, 2.45) is 5.92 Å². The summed E-state index contributed by atoms with van der Waals surface area (Å²) in [5.41, 5.74) is 1.55. The standard InChI is InChI=1S/C22H24ClN3O5S/c1-13-10-18-19(31-14(2)21(27)25-18)11-20(13)32(29,30)26-9-3-4-15(12-26)22(28)24-17-7-5-16(23)6-8-17/h5-8,10-11,14-15H,3-4,9,12H2,1-2H3,(H,24,28)(H,25,27)/t14-,15-/m1/s1. The van der Waals surface area contributed by atoms with Gasteiger partial charge in [-0.15, -0.1) is 0 Å². The average molecular weight is 478 g/mol. The molecule has 2 aromatic carbocycles. The van der Waals surface area contributed by atoms with E-state index >= 15 is 0 Å². The molecule has 1 fully saturated rings. The van der Waals surface area contributed by atoms with Crippen LogP contribution in [-0.2, 0) is 19.6 Å². The number of nitrogens with one attached hydrogen (secondary N) is 2. The van der Waals surface area contributed by atoms with Gasteiger partial charge in [0, 0.05) is 29.9 Å². The number of anilines is 2. The summed E-state index contributed by atoms with van der Waals surface area (Å²) in [5, 5.41) is 6.12. The van der Waals surface area contributed by atoms with E-state index in [9.17, 15) is 18.0 Å². The van der Waals surface area contributed by atoms with Crippen molar-refractivity contribution in [3.8, 4) is 5.75 Å². The van der Waals surface area contributed by atoms with Crippen LogP contribution in [0.2, 0.25) is 5.02 Å². The fourth-order valence-electron chi connectivity index (χ4n) is 3.91. The van der Waals surface area contributed by atoms with Crippen LogP contribution < -0.4 is 15.4 Å². The number of aryl methyl sites for hydroxylation is 1. The molecule has 1 saturated heterocycles. The van der Waals surface area contributed by atoms with Gasteiger partial charge < -0.3 is 15.4 Å². The lowest BCUT2D eigenvalue weighted by Crippen LogP contribution is -2.44. The lowest BCUT2D eigenvalue weighted by molar-refractivity contribution is -0.123. The number of piperidine rings is 1. The molecule has 0 bridgehead atoms. The van der Waals surface area contributed by atoms with Crippen LogP contribution in [0, 0.1) is 12.8 Å². The Morgan fingerprint density at radius 3 is 2.69 bits per heavy atom. The first-order chi connectivity index (χ1) is 15.1. The number of ether oxygens (including phenoxy) is 1. The summed E-state index contributed by atoms with van der Waals surface area (Å²) in [6.45, 7) is 3.69. The second-order valence-corrected chi connectivity index (χ2v) is 10.4. The van der Waals surface area contributed by atoms with Crippen LogP contribution in [0.5, 0.6) is 5.75 Å². The fourth-order valence-corrected chi connectivity index (χ4v) is 5.78. The fraction of sp³-hybridized carbons (Fsp3) is 0.364. The largest absolute Gasteiger partial charge is 0.479 e. The number of hydrogen-bond acceptors (Lipinski definition) is 5. The molecule has 0 aliphatic carbocycles.